The largest absolute Gasteiger partial charge is 0.491 e. The van der Waals surface area contributed by atoms with Crippen LogP contribution in [0.2, 0.25) is 0 Å². The van der Waals surface area contributed by atoms with Gasteiger partial charge >= 0.3 is 0 Å². The summed E-state index contributed by atoms with van der Waals surface area (Å²) in [7, 11) is 5.16. The molecule has 1 amide bonds. The number of amides is 1. The van der Waals surface area contributed by atoms with E-state index in [9.17, 15) is 9.90 Å². The molecule has 2 aromatic rings. The second kappa shape index (κ2) is 9.80. The lowest BCUT2D eigenvalue weighted by Gasteiger charge is -2.14. The topological polar surface area (TPSA) is 99.9 Å². The fourth-order valence-corrected chi connectivity index (χ4v) is 3.36. The number of allylic oxidation sites excluding steroid dienone is 1. The van der Waals surface area contributed by atoms with Crippen LogP contribution in [0, 0.1) is 0 Å². The third-order valence-corrected chi connectivity index (χ3v) is 4.92. The normalized spacial score (nSPS) is 14.5. The SMILES string of the molecule is CNCC(O)COc1cccc(-c2nc(C(=O)N(C)C)cc(C3=C(C)CN=C3C)n2)c1. The summed E-state index contributed by atoms with van der Waals surface area (Å²) < 4.78 is 5.71. The summed E-state index contributed by atoms with van der Waals surface area (Å²) >= 11 is 0. The van der Waals surface area contributed by atoms with Gasteiger partial charge in [0.2, 0.25) is 0 Å². The summed E-state index contributed by atoms with van der Waals surface area (Å²) in [6.45, 7) is 5.21. The molecule has 0 bridgehead atoms. The minimum atomic E-state index is -0.614. The van der Waals surface area contributed by atoms with Gasteiger partial charge in [0.25, 0.3) is 5.91 Å². The van der Waals surface area contributed by atoms with Crippen molar-refractivity contribution in [2.45, 2.75) is 20.0 Å². The highest BCUT2D eigenvalue weighted by molar-refractivity contribution is 6.24. The first kappa shape index (κ1) is 22.6. The number of nitrogens with zero attached hydrogens (tertiary/aromatic N) is 4. The quantitative estimate of drug-likeness (QED) is 0.674. The van der Waals surface area contributed by atoms with E-state index in [1.165, 1.54) is 4.90 Å². The Morgan fingerprint density at radius 2 is 2.03 bits per heavy atom. The van der Waals surface area contributed by atoms with Crippen LogP contribution in [0.15, 0.2) is 40.9 Å². The molecule has 0 saturated carbocycles. The molecule has 8 heteroatoms. The molecular formula is C23H29N5O3. The smallest absolute Gasteiger partial charge is 0.272 e. The molecule has 164 valence electrons. The van der Waals surface area contributed by atoms with Gasteiger partial charge in [0.05, 0.1) is 12.2 Å². The predicted octanol–water partition coefficient (Wildman–Crippen LogP) is 2.05. The van der Waals surface area contributed by atoms with Crippen LogP contribution in [-0.4, -0.2) is 78.5 Å². The summed E-state index contributed by atoms with van der Waals surface area (Å²) in [5.74, 6) is 0.832. The van der Waals surface area contributed by atoms with Crippen molar-refractivity contribution in [3.63, 3.8) is 0 Å². The Bertz CT molecular complexity index is 1030. The molecule has 2 heterocycles. The summed E-state index contributed by atoms with van der Waals surface area (Å²) in [4.78, 5) is 28.0. The lowest BCUT2D eigenvalue weighted by atomic mass is 10.0. The number of carbonyl (C=O) groups is 1. The highest BCUT2D eigenvalue weighted by Crippen LogP contribution is 2.28. The Kier molecular flexibility index (Phi) is 7.14. The van der Waals surface area contributed by atoms with E-state index in [1.807, 2.05) is 38.1 Å². The van der Waals surface area contributed by atoms with Crippen molar-refractivity contribution >= 4 is 17.2 Å². The van der Waals surface area contributed by atoms with Gasteiger partial charge in [-0.25, -0.2) is 9.97 Å². The lowest BCUT2D eigenvalue weighted by molar-refractivity contribution is 0.0822. The van der Waals surface area contributed by atoms with E-state index in [4.69, 9.17) is 9.72 Å². The molecule has 1 aliphatic heterocycles. The highest BCUT2D eigenvalue weighted by Gasteiger charge is 2.21. The Balaban J connectivity index is 2.01. The number of hydrogen-bond donors (Lipinski definition) is 2. The molecule has 31 heavy (non-hydrogen) atoms. The average molecular weight is 424 g/mol. The maximum absolute atomic E-state index is 12.7. The number of aliphatic hydroxyl groups excluding tert-OH is 1. The Morgan fingerprint density at radius 3 is 2.68 bits per heavy atom. The maximum atomic E-state index is 12.7. The van der Waals surface area contributed by atoms with Gasteiger partial charge in [-0.3, -0.25) is 9.79 Å². The number of carbonyl (C=O) groups excluding carboxylic acids is 1. The lowest BCUT2D eigenvalue weighted by Crippen LogP contribution is -2.29. The molecule has 2 N–H and O–H groups in total. The first-order chi connectivity index (χ1) is 14.8. The number of ether oxygens (including phenoxy) is 1. The maximum Gasteiger partial charge on any atom is 0.272 e. The number of aliphatic hydroxyl groups is 1. The molecule has 0 radical (unpaired) electrons. The van der Waals surface area contributed by atoms with Crippen LogP contribution >= 0.6 is 0 Å². The van der Waals surface area contributed by atoms with Gasteiger partial charge in [0.1, 0.15) is 24.2 Å². The van der Waals surface area contributed by atoms with E-state index in [0.717, 1.165) is 22.4 Å². The van der Waals surface area contributed by atoms with Crippen molar-refractivity contribution in [2.24, 2.45) is 4.99 Å². The first-order valence-corrected chi connectivity index (χ1v) is 10.2. The van der Waals surface area contributed by atoms with Crippen LogP contribution in [0.3, 0.4) is 0 Å². The van der Waals surface area contributed by atoms with Crippen molar-refractivity contribution in [1.29, 1.82) is 0 Å². The molecule has 1 unspecified atom stereocenters. The standard InChI is InChI=1S/C23H29N5O3/c1-14-11-25-15(2)21(14)19-10-20(23(30)28(4)5)27-22(26-19)16-7-6-8-18(9-16)31-13-17(29)12-24-3/h6-10,17,24,29H,11-13H2,1-5H3. The number of rotatable bonds is 8. The van der Waals surface area contributed by atoms with Crippen LogP contribution in [-0.2, 0) is 0 Å². The van der Waals surface area contributed by atoms with Gasteiger partial charge in [-0.1, -0.05) is 12.1 Å². The summed E-state index contributed by atoms with van der Waals surface area (Å²) in [6, 6.07) is 9.06. The molecule has 1 aromatic heterocycles. The van der Waals surface area contributed by atoms with Crippen LogP contribution in [0.25, 0.3) is 17.0 Å². The van der Waals surface area contributed by atoms with Crippen LogP contribution < -0.4 is 10.1 Å². The number of benzene rings is 1. The zero-order chi connectivity index (χ0) is 22.5. The predicted molar refractivity (Wildman–Crippen MR) is 121 cm³/mol. The van der Waals surface area contributed by atoms with E-state index < -0.39 is 6.10 Å². The highest BCUT2D eigenvalue weighted by atomic mass is 16.5. The number of aromatic nitrogens is 2. The van der Waals surface area contributed by atoms with Crippen LogP contribution in [0.4, 0.5) is 0 Å². The monoisotopic (exact) mass is 423 g/mol. The summed E-state index contributed by atoms with van der Waals surface area (Å²) in [5, 5.41) is 12.8. The van der Waals surface area contributed by atoms with Crippen LogP contribution in [0.1, 0.15) is 30.0 Å². The van der Waals surface area contributed by atoms with E-state index in [1.54, 1.807) is 27.2 Å². The Morgan fingerprint density at radius 1 is 1.26 bits per heavy atom. The molecule has 0 fully saturated rings. The molecule has 0 saturated heterocycles. The second-order valence-corrected chi connectivity index (χ2v) is 7.77. The second-order valence-electron chi connectivity index (χ2n) is 7.77. The van der Waals surface area contributed by atoms with Crippen molar-refractivity contribution in [3.05, 3.63) is 47.3 Å². The molecule has 3 rings (SSSR count). The number of hydrogen-bond acceptors (Lipinski definition) is 7. The van der Waals surface area contributed by atoms with E-state index >= 15 is 0 Å². The molecule has 0 aliphatic carbocycles. The van der Waals surface area contributed by atoms with Gasteiger partial charge < -0.3 is 20.1 Å². The number of aliphatic imine (C=N–C) groups is 1. The molecule has 1 atom stereocenters. The van der Waals surface area contributed by atoms with Crippen molar-refractivity contribution in [3.8, 4) is 17.1 Å². The van der Waals surface area contributed by atoms with Gasteiger partial charge in [0.15, 0.2) is 5.82 Å². The van der Waals surface area contributed by atoms with E-state index in [0.29, 0.717) is 36.1 Å². The zero-order valence-corrected chi connectivity index (χ0v) is 18.6. The first-order valence-electron chi connectivity index (χ1n) is 10.2. The molecular weight excluding hydrogens is 394 g/mol. The third kappa shape index (κ3) is 5.34. The molecule has 8 nitrogen and oxygen atoms in total. The molecule has 0 spiro atoms. The number of nitrogens with one attached hydrogen (secondary N) is 1. The zero-order valence-electron chi connectivity index (χ0n) is 18.6. The van der Waals surface area contributed by atoms with Gasteiger partial charge in [0, 0.05) is 37.5 Å². The van der Waals surface area contributed by atoms with Gasteiger partial charge in [-0.05, 0) is 44.7 Å². The average Bonchev–Trinajstić information content (AvgIpc) is 3.09. The summed E-state index contributed by atoms with van der Waals surface area (Å²) in [6.07, 6.45) is -0.614. The fourth-order valence-electron chi connectivity index (χ4n) is 3.36. The van der Waals surface area contributed by atoms with Crippen molar-refractivity contribution < 1.29 is 14.6 Å². The van der Waals surface area contributed by atoms with Crippen LogP contribution in [0.5, 0.6) is 5.75 Å². The van der Waals surface area contributed by atoms with Crippen molar-refractivity contribution in [1.82, 2.24) is 20.2 Å². The molecule has 1 aromatic carbocycles. The Labute approximate surface area is 182 Å². The minimum absolute atomic E-state index is 0.164. The Hall–Kier alpha value is -3.10. The van der Waals surface area contributed by atoms with E-state index in [-0.39, 0.29) is 12.5 Å². The number of likely N-dealkylation sites (N-methyl/N-ethyl adjacent to an activating group) is 1. The fraction of sp³-hybridized carbons (Fsp3) is 0.391. The minimum Gasteiger partial charge on any atom is -0.491 e. The third-order valence-electron chi connectivity index (χ3n) is 4.92. The van der Waals surface area contributed by atoms with Gasteiger partial charge in [-0.2, -0.15) is 0 Å². The van der Waals surface area contributed by atoms with E-state index in [2.05, 4.69) is 15.3 Å². The van der Waals surface area contributed by atoms with Crippen molar-refractivity contribution in [2.75, 3.05) is 40.8 Å². The molecule has 1 aliphatic rings. The van der Waals surface area contributed by atoms with Gasteiger partial charge in [-0.15, -0.1) is 0 Å². The summed E-state index contributed by atoms with van der Waals surface area (Å²) in [5.41, 5.74) is 4.70.